The van der Waals surface area contributed by atoms with E-state index >= 15 is 0 Å². The van der Waals surface area contributed by atoms with Crippen LogP contribution in [0.3, 0.4) is 0 Å². The molecular formula is C23H26F2N2O. The lowest BCUT2D eigenvalue weighted by atomic mass is 9.57. The van der Waals surface area contributed by atoms with Gasteiger partial charge in [0.25, 0.3) is 0 Å². The largest absolute Gasteiger partial charge is 0.317 e. The second-order valence-electron chi connectivity index (χ2n) is 7.95. The zero-order valence-corrected chi connectivity index (χ0v) is 15.9. The van der Waals surface area contributed by atoms with E-state index in [0.29, 0.717) is 63.0 Å². The fraction of sp³-hybridized carbons (Fsp3) is 0.435. The summed E-state index contributed by atoms with van der Waals surface area (Å²) in [4.78, 5) is 14.3. The normalized spacial score (nSPS) is 21.2. The SMILES string of the molecule is O=C(C1(c2ccccc2F)CCNCC1)C1(c2ccccc2F)CCNCC1. The van der Waals surface area contributed by atoms with Gasteiger partial charge in [0, 0.05) is 11.1 Å². The Labute approximate surface area is 164 Å². The van der Waals surface area contributed by atoms with Gasteiger partial charge >= 0.3 is 0 Å². The van der Waals surface area contributed by atoms with Crippen LogP contribution in [0.4, 0.5) is 8.78 Å². The summed E-state index contributed by atoms with van der Waals surface area (Å²) in [5.41, 5.74) is -0.960. The van der Waals surface area contributed by atoms with Gasteiger partial charge in [-0.05, 0) is 64.0 Å². The topological polar surface area (TPSA) is 41.1 Å². The van der Waals surface area contributed by atoms with E-state index in [0.717, 1.165) is 0 Å². The van der Waals surface area contributed by atoms with Crippen LogP contribution in [0, 0.1) is 11.6 Å². The smallest absolute Gasteiger partial charge is 0.154 e. The molecule has 2 saturated heterocycles. The minimum absolute atomic E-state index is 0.0294. The number of piperidine rings is 2. The standard InChI is InChI=1S/C23H26F2N2O/c24-19-7-3-1-5-17(19)22(9-13-26-14-10-22)21(28)23(11-15-27-16-12-23)18-6-2-4-8-20(18)25/h1-8,26-27H,9-16H2. The maximum absolute atomic E-state index is 14.9. The first kappa shape index (κ1) is 19.2. The minimum Gasteiger partial charge on any atom is -0.317 e. The van der Waals surface area contributed by atoms with Gasteiger partial charge in [-0.1, -0.05) is 36.4 Å². The van der Waals surface area contributed by atoms with E-state index in [9.17, 15) is 13.6 Å². The Morgan fingerprint density at radius 1 is 0.679 bits per heavy atom. The van der Waals surface area contributed by atoms with Gasteiger partial charge in [-0.15, -0.1) is 0 Å². The Bertz CT molecular complexity index is 786. The van der Waals surface area contributed by atoms with E-state index < -0.39 is 10.8 Å². The summed E-state index contributed by atoms with van der Waals surface area (Å²) < 4.78 is 29.8. The molecular weight excluding hydrogens is 358 g/mol. The molecule has 0 saturated carbocycles. The van der Waals surface area contributed by atoms with Crippen molar-refractivity contribution in [3.05, 3.63) is 71.3 Å². The Kier molecular flexibility index (Phi) is 5.30. The summed E-state index contributed by atoms with van der Waals surface area (Å²) in [6.07, 6.45) is 2.10. The number of hydrogen-bond acceptors (Lipinski definition) is 3. The van der Waals surface area contributed by atoms with E-state index in [1.54, 1.807) is 36.4 Å². The highest BCUT2D eigenvalue weighted by Crippen LogP contribution is 2.46. The molecule has 0 aromatic heterocycles. The molecule has 0 unspecified atom stereocenters. The lowest BCUT2D eigenvalue weighted by Crippen LogP contribution is -2.57. The summed E-state index contributed by atoms with van der Waals surface area (Å²) in [6, 6.07) is 13.2. The molecule has 4 rings (SSSR count). The Morgan fingerprint density at radius 3 is 1.39 bits per heavy atom. The van der Waals surface area contributed by atoms with Crippen molar-refractivity contribution in [2.45, 2.75) is 36.5 Å². The third-order valence-electron chi connectivity index (χ3n) is 6.56. The zero-order valence-electron chi connectivity index (χ0n) is 15.9. The molecule has 2 aromatic rings. The molecule has 0 spiro atoms. The average molecular weight is 384 g/mol. The summed E-state index contributed by atoms with van der Waals surface area (Å²) in [5.74, 6) is -0.732. The molecule has 0 amide bonds. The van der Waals surface area contributed by atoms with Gasteiger partial charge in [-0.2, -0.15) is 0 Å². The molecule has 2 aliphatic heterocycles. The van der Waals surface area contributed by atoms with Gasteiger partial charge in [0.15, 0.2) is 5.78 Å². The fourth-order valence-electron chi connectivity index (χ4n) is 5.10. The van der Waals surface area contributed by atoms with Gasteiger partial charge in [0.1, 0.15) is 11.6 Å². The summed E-state index contributed by atoms with van der Waals surface area (Å²) in [5, 5.41) is 6.58. The average Bonchev–Trinajstić information content (AvgIpc) is 2.75. The summed E-state index contributed by atoms with van der Waals surface area (Å²) in [6.45, 7) is 2.58. The highest BCUT2D eigenvalue weighted by molar-refractivity contribution is 5.99. The van der Waals surface area contributed by atoms with Gasteiger partial charge in [0.05, 0.1) is 10.8 Å². The van der Waals surface area contributed by atoms with E-state index in [1.807, 2.05) is 0 Å². The number of carbonyl (C=O) groups is 1. The van der Waals surface area contributed by atoms with Crippen molar-refractivity contribution in [3.63, 3.8) is 0 Å². The lowest BCUT2D eigenvalue weighted by Gasteiger charge is -2.46. The van der Waals surface area contributed by atoms with Crippen molar-refractivity contribution in [1.29, 1.82) is 0 Å². The van der Waals surface area contributed by atoms with Crippen molar-refractivity contribution in [3.8, 4) is 0 Å². The Morgan fingerprint density at radius 2 is 1.04 bits per heavy atom. The number of nitrogens with one attached hydrogen (secondary N) is 2. The zero-order chi connectivity index (χ0) is 19.6. The Hall–Kier alpha value is -2.11. The van der Waals surface area contributed by atoms with Crippen LogP contribution in [-0.4, -0.2) is 32.0 Å². The molecule has 0 bridgehead atoms. The van der Waals surface area contributed by atoms with Gasteiger partial charge in [0.2, 0.25) is 0 Å². The van der Waals surface area contributed by atoms with E-state index in [-0.39, 0.29) is 17.4 Å². The molecule has 5 heteroatoms. The van der Waals surface area contributed by atoms with Gasteiger partial charge in [-0.3, -0.25) is 4.79 Å². The van der Waals surface area contributed by atoms with E-state index in [2.05, 4.69) is 10.6 Å². The highest BCUT2D eigenvalue weighted by Gasteiger charge is 2.53. The first-order valence-electron chi connectivity index (χ1n) is 10.1. The molecule has 0 aliphatic carbocycles. The van der Waals surface area contributed by atoms with Crippen molar-refractivity contribution in [1.82, 2.24) is 10.6 Å². The first-order chi connectivity index (χ1) is 13.6. The van der Waals surface area contributed by atoms with Crippen LogP contribution >= 0.6 is 0 Å². The van der Waals surface area contributed by atoms with Crippen molar-refractivity contribution in [2.75, 3.05) is 26.2 Å². The quantitative estimate of drug-likeness (QED) is 0.848. The predicted molar refractivity (Wildman–Crippen MR) is 105 cm³/mol. The molecule has 148 valence electrons. The second kappa shape index (κ2) is 7.72. The highest BCUT2D eigenvalue weighted by atomic mass is 19.1. The third-order valence-corrected chi connectivity index (χ3v) is 6.56. The number of Topliss-reactive ketones (excluding diaryl/α,β-unsaturated/α-hetero) is 1. The molecule has 3 nitrogen and oxygen atoms in total. The van der Waals surface area contributed by atoms with Crippen molar-refractivity contribution >= 4 is 5.78 Å². The number of hydrogen-bond donors (Lipinski definition) is 2. The maximum Gasteiger partial charge on any atom is 0.154 e. The van der Waals surface area contributed by atoms with Crippen LogP contribution in [0.25, 0.3) is 0 Å². The second-order valence-corrected chi connectivity index (χ2v) is 7.95. The predicted octanol–water partition coefficient (Wildman–Crippen LogP) is 3.48. The number of rotatable bonds is 4. The van der Waals surface area contributed by atoms with Crippen LogP contribution in [-0.2, 0) is 15.6 Å². The van der Waals surface area contributed by atoms with E-state index in [1.165, 1.54) is 12.1 Å². The number of benzene rings is 2. The van der Waals surface area contributed by atoms with Gasteiger partial charge in [-0.25, -0.2) is 8.78 Å². The summed E-state index contributed by atoms with van der Waals surface area (Å²) >= 11 is 0. The van der Waals surface area contributed by atoms with Crippen LogP contribution in [0.5, 0.6) is 0 Å². The fourth-order valence-corrected chi connectivity index (χ4v) is 5.10. The molecule has 0 atom stereocenters. The van der Waals surface area contributed by atoms with Crippen molar-refractivity contribution in [2.24, 2.45) is 0 Å². The molecule has 2 aliphatic rings. The monoisotopic (exact) mass is 384 g/mol. The van der Waals surface area contributed by atoms with E-state index in [4.69, 9.17) is 0 Å². The van der Waals surface area contributed by atoms with Crippen LogP contribution in [0.2, 0.25) is 0 Å². The minimum atomic E-state index is -0.934. The number of ketones is 1. The molecule has 2 aromatic carbocycles. The van der Waals surface area contributed by atoms with Crippen molar-refractivity contribution < 1.29 is 13.6 Å². The number of carbonyl (C=O) groups excluding carboxylic acids is 1. The Balaban J connectivity index is 1.89. The lowest BCUT2D eigenvalue weighted by molar-refractivity contribution is -0.133. The molecule has 2 N–H and O–H groups in total. The number of halogens is 2. The maximum atomic E-state index is 14.9. The van der Waals surface area contributed by atoms with Crippen LogP contribution in [0.15, 0.2) is 48.5 Å². The van der Waals surface area contributed by atoms with Crippen LogP contribution in [0.1, 0.15) is 36.8 Å². The van der Waals surface area contributed by atoms with Crippen LogP contribution < -0.4 is 10.6 Å². The molecule has 2 heterocycles. The molecule has 28 heavy (non-hydrogen) atoms. The molecule has 2 fully saturated rings. The summed E-state index contributed by atoms with van der Waals surface area (Å²) in [7, 11) is 0. The first-order valence-corrected chi connectivity index (χ1v) is 10.1. The molecule has 0 radical (unpaired) electrons. The van der Waals surface area contributed by atoms with Gasteiger partial charge < -0.3 is 10.6 Å². The third kappa shape index (κ3) is 3.07.